The molecule has 1 fully saturated rings. The van der Waals surface area contributed by atoms with Crippen molar-refractivity contribution >= 4 is 28.7 Å². The number of carbonyl (C=O) groups is 1. The maximum atomic E-state index is 12.6. The Kier molecular flexibility index (Phi) is 5.87. The number of carbonyl (C=O) groups excluding carboxylic acids is 1. The highest BCUT2D eigenvalue weighted by atomic mass is 32.1. The molecule has 2 aromatic heterocycles. The van der Waals surface area contributed by atoms with Crippen molar-refractivity contribution in [3.05, 3.63) is 59.2 Å². The third kappa shape index (κ3) is 4.63. The van der Waals surface area contributed by atoms with E-state index < -0.39 is 0 Å². The highest BCUT2D eigenvalue weighted by Crippen LogP contribution is 2.26. The minimum atomic E-state index is -0.202. The molecule has 29 heavy (non-hydrogen) atoms. The fourth-order valence-corrected chi connectivity index (χ4v) is 3.96. The Morgan fingerprint density at radius 1 is 1.21 bits per heavy atom. The number of amides is 1. The molecular weight excluding hydrogens is 384 g/mol. The number of nitrogens with zero attached hydrogens (tertiary/aromatic N) is 3. The fourth-order valence-electron chi connectivity index (χ4n) is 3.17. The van der Waals surface area contributed by atoms with Crippen molar-refractivity contribution in [2.24, 2.45) is 0 Å². The van der Waals surface area contributed by atoms with Gasteiger partial charge < -0.3 is 15.0 Å². The minimum absolute atomic E-state index is 0.202. The minimum Gasteiger partial charge on any atom is -0.378 e. The molecule has 1 amide bonds. The molecule has 0 saturated carbocycles. The second-order valence-corrected chi connectivity index (χ2v) is 8.13. The van der Waals surface area contributed by atoms with Gasteiger partial charge in [0.2, 0.25) is 0 Å². The number of aromatic nitrogens is 2. The van der Waals surface area contributed by atoms with Gasteiger partial charge in [0, 0.05) is 35.9 Å². The van der Waals surface area contributed by atoms with Gasteiger partial charge in [0.05, 0.1) is 13.2 Å². The van der Waals surface area contributed by atoms with Crippen molar-refractivity contribution in [1.29, 1.82) is 0 Å². The number of rotatable bonds is 5. The first-order valence-corrected chi connectivity index (χ1v) is 10.6. The molecule has 3 heterocycles. The summed E-state index contributed by atoms with van der Waals surface area (Å²) in [5.74, 6) is 1.15. The summed E-state index contributed by atoms with van der Waals surface area (Å²) >= 11 is 1.45. The molecule has 1 saturated heterocycles. The van der Waals surface area contributed by atoms with Crippen LogP contribution in [0.5, 0.6) is 0 Å². The zero-order valence-electron chi connectivity index (χ0n) is 16.6. The average Bonchev–Trinajstić information content (AvgIpc) is 3.25. The smallest absolute Gasteiger partial charge is 0.275 e. The van der Waals surface area contributed by atoms with Gasteiger partial charge in [-0.2, -0.15) is 0 Å². The van der Waals surface area contributed by atoms with Crippen LogP contribution in [0.15, 0.2) is 48.0 Å². The Balaban J connectivity index is 1.45. The summed E-state index contributed by atoms with van der Waals surface area (Å²) in [4.78, 5) is 23.9. The lowest BCUT2D eigenvalue weighted by Crippen LogP contribution is -2.36. The molecule has 1 N–H and O–H groups in total. The van der Waals surface area contributed by atoms with Gasteiger partial charge in [-0.05, 0) is 35.7 Å². The Hall–Kier alpha value is -2.77. The van der Waals surface area contributed by atoms with Crippen LogP contribution in [0.2, 0.25) is 0 Å². The lowest BCUT2D eigenvalue weighted by molar-refractivity contribution is 0.102. The van der Waals surface area contributed by atoms with E-state index in [2.05, 4.69) is 40.1 Å². The van der Waals surface area contributed by atoms with Crippen LogP contribution in [0.25, 0.3) is 10.6 Å². The van der Waals surface area contributed by atoms with Gasteiger partial charge in [-0.3, -0.25) is 4.79 Å². The molecule has 0 unspecified atom stereocenters. The number of pyridine rings is 1. The normalized spacial score (nSPS) is 14.2. The molecule has 1 aliphatic heterocycles. The van der Waals surface area contributed by atoms with Crippen molar-refractivity contribution in [3.63, 3.8) is 0 Å². The number of morpholine rings is 1. The first-order valence-electron chi connectivity index (χ1n) is 9.76. The number of thiazole rings is 1. The number of nitrogens with one attached hydrogen (secondary N) is 1. The van der Waals surface area contributed by atoms with Gasteiger partial charge in [0.25, 0.3) is 5.91 Å². The molecular formula is C22H24N4O2S. The average molecular weight is 409 g/mol. The highest BCUT2D eigenvalue weighted by Gasteiger charge is 2.15. The topological polar surface area (TPSA) is 67.4 Å². The first-order chi connectivity index (χ1) is 14.1. The quantitative estimate of drug-likeness (QED) is 0.677. The predicted molar refractivity (Wildman–Crippen MR) is 117 cm³/mol. The molecule has 6 nitrogen and oxygen atoms in total. The van der Waals surface area contributed by atoms with Crippen molar-refractivity contribution in [3.8, 4) is 10.6 Å². The summed E-state index contributed by atoms with van der Waals surface area (Å²) in [6.45, 7) is 7.43. The molecule has 0 radical (unpaired) electrons. The summed E-state index contributed by atoms with van der Waals surface area (Å²) in [5, 5.41) is 5.51. The van der Waals surface area contributed by atoms with Crippen molar-refractivity contribution in [2.75, 3.05) is 36.5 Å². The second-order valence-electron chi connectivity index (χ2n) is 7.28. The van der Waals surface area contributed by atoms with Crippen LogP contribution in [0, 0.1) is 0 Å². The van der Waals surface area contributed by atoms with E-state index in [1.165, 1.54) is 16.9 Å². The number of hydrogen-bond donors (Lipinski definition) is 1. The molecule has 0 bridgehead atoms. The maximum Gasteiger partial charge on any atom is 0.275 e. The van der Waals surface area contributed by atoms with Crippen LogP contribution in [-0.4, -0.2) is 42.2 Å². The van der Waals surface area contributed by atoms with Crippen LogP contribution in [-0.2, 0) is 4.74 Å². The van der Waals surface area contributed by atoms with E-state index in [-0.39, 0.29) is 5.91 Å². The molecule has 4 rings (SSSR count). The highest BCUT2D eigenvalue weighted by molar-refractivity contribution is 7.13. The summed E-state index contributed by atoms with van der Waals surface area (Å²) < 4.78 is 5.38. The molecule has 0 aliphatic carbocycles. The zero-order valence-corrected chi connectivity index (χ0v) is 17.4. The van der Waals surface area contributed by atoms with Crippen LogP contribution in [0.3, 0.4) is 0 Å². The van der Waals surface area contributed by atoms with Gasteiger partial charge in [-0.1, -0.05) is 26.0 Å². The van der Waals surface area contributed by atoms with Crippen LogP contribution in [0.4, 0.5) is 11.5 Å². The SMILES string of the molecule is CC(C)c1cccc(NC(=O)c2csc(-c3ccc(N4CCOCC4)nc3)n2)c1. The van der Waals surface area contributed by atoms with E-state index in [1.54, 1.807) is 5.38 Å². The van der Waals surface area contributed by atoms with E-state index in [0.29, 0.717) is 11.6 Å². The summed E-state index contributed by atoms with van der Waals surface area (Å²) in [6.07, 6.45) is 1.82. The Morgan fingerprint density at radius 2 is 2.03 bits per heavy atom. The van der Waals surface area contributed by atoms with E-state index >= 15 is 0 Å². The van der Waals surface area contributed by atoms with Gasteiger partial charge in [-0.25, -0.2) is 9.97 Å². The van der Waals surface area contributed by atoms with E-state index in [1.807, 2.05) is 36.5 Å². The summed E-state index contributed by atoms with van der Waals surface area (Å²) in [6, 6.07) is 11.9. The molecule has 7 heteroatoms. The second kappa shape index (κ2) is 8.71. The molecule has 1 aromatic carbocycles. The maximum absolute atomic E-state index is 12.6. The fraction of sp³-hybridized carbons (Fsp3) is 0.318. The Morgan fingerprint density at radius 3 is 2.76 bits per heavy atom. The third-order valence-corrected chi connectivity index (χ3v) is 5.77. The molecule has 0 spiro atoms. The van der Waals surface area contributed by atoms with Gasteiger partial charge >= 0.3 is 0 Å². The largest absolute Gasteiger partial charge is 0.378 e. The number of hydrogen-bond acceptors (Lipinski definition) is 6. The van der Waals surface area contributed by atoms with Gasteiger partial charge in [-0.15, -0.1) is 11.3 Å². The number of anilines is 2. The Bertz CT molecular complexity index is 978. The number of ether oxygens (including phenoxy) is 1. The molecule has 150 valence electrons. The van der Waals surface area contributed by atoms with Crippen LogP contribution in [0.1, 0.15) is 35.8 Å². The first kappa shape index (κ1) is 19.5. The summed E-state index contributed by atoms with van der Waals surface area (Å²) in [5.41, 5.74) is 3.30. The van der Waals surface area contributed by atoms with Gasteiger partial charge in [0.15, 0.2) is 0 Å². The lowest BCUT2D eigenvalue weighted by atomic mass is 10.0. The monoisotopic (exact) mass is 408 g/mol. The van der Waals surface area contributed by atoms with Crippen molar-refractivity contribution < 1.29 is 9.53 Å². The lowest BCUT2D eigenvalue weighted by Gasteiger charge is -2.27. The van der Waals surface area contributed by atoms with Gasteiger partial charge in [0.1, 0.15) is 16.5 Å². The zero-order chi connectivity index (χ0) is 20.2. The number of benzene rings is 1. The van der Waals surface area contributed by atoms with E-state index in [9.17, 15) is 4.79 Å². The molecule has 0 atom stereocenters. The standard InChI is InChI=1S/C22H24N4O2S/c1-15(2)16-4-3-5-18(12-16)24-21(27)19-14-29-22(25-19)17-6-7-20(23-13-17)26-8-10-28-11-9-26/h3-7,12-15H,8-11H2,1-2H3,(H,24,27). The van der Waals surface area contributed by atoms with Crippen molar-refractivity contribution in [1.82, 2.24) is 9.97 Å². The predicted octanol–water partition coefficient (Wildman–Crippen LogP) is 4.42. The van der Waals surface area contributed by atoms with E-state index in [0.717, 1.165) is 48.4 Å². The van der Waals surface area contributed by atoms with Crippen molar-refractivity contribution in [2.45, 2.75) is 19.8 Å². The van der Waals surface area contributed by atoms with Crippen LogP contribution < -0.4 is 10.2 Å². The molecule has 3 aromatic rings. The van der Waals surface area contributed by atoms with Crippen LogP contribution >= 0.6 is 11.3 Å². The third-order valence-electron chi connectivity index (χ3n) is 4.88. The van der Waals surface area contributed by atoms with E-state index in [4.69, 9.17) is 4.74 Å². The molecule has 1 aliphatic rings. The Labute approximate surface area is 174 Å². The summed E-state index contributed by atoms with van der Waals surface area (Å²) in [7, 11) is 0.